The van der Waals surface area contributed by atoms with Crippen LogP contribution < -0.4 is 0 Å². The van der Waals surface area contributed by atoms with Gasteiger partial charge in [-0.1, -0.05) is 0 Å². The van der Waals surface area contributed by atoms with E-state index in [9.17, 15) is 19.2 Å². The first-order chi connectivity index (χ1) is 7.51. The fraction of sp³-hybridized carbons (Fsp3) is 0.500. The van der Waals surface area contributed by atoms with Gasteiger partial charge in [-0.15, -0.1) is 0 Å². The highest BCUT2D eigenvalue weighted by molar-refractivity contribution is 6.08. The summed E-state index contributed by atoms with van der Waals surface area (Å²) < 4.78 is 17.2. The SMILES string of the molecule is COC(=O)C1OC(=O)C(C(=O)OC)OC1=O. The standard InChI is InChI=1S/C8H8O8/c1-13-5(9)3-7(11)16-4(6(10)14-2)8(12)15-3/h3-4H,1-2H3. The molecule has 1 saturated heterocycles. The van der Waals surface area contributed by atoms with Crippen LogP contribution in [0.5, 0.6) is 0 Å². The number of methoxy groups -OCH3 is 2. The van der Waals surface area contributed by atoms with Gasteiger partial charge in [0.25, 0.3) is 12.2 Å². The number of carbonyl (C=O) groups is 4. The Morgan fingerprint density at radius 3 is 1.50 bits per heavy atom. The molecule has 1 heterocycles. The summed E-state index contributed by atoms with van der Waals surface area (Å²) >= 11 is 0. The first-order valence-corrected chi connectivity index (χ1v) is 4.08. The van der Waals surface area contributed by atoms with Crippen molar-refractivity contribution in [3.05, 3.63) is 0 Å². The summed E-state index contributed by atoms with van der Waals surface area (Å²) in [6.45, 7) is 0. The predicted molar refractivity (Wildman–Crippen MR) is 43.8 cm³/mol. The van der Waals surface area contributed by atoms with Gasteiger partial charge in [0.15, 0.2) is 0 Å². The van der Waals surface area contributed by atoms with Gasteiger partial charge >= 0.3 is 23.9 Å². The Kier molecular flexibility index (Phi) is 3.44. The smallest absolute Gasteiger partial charge is 0.360 e. The molecule has 2 atom stereocenters. The summed E-state index contributed by atoms with van der Waals surface area (Å²) in [6, 6.07) is 0. The highest BCUT2D eigenvalue weighted by atomic mass is 16.7. The molecule has 0 bridgehead atoms. The third-order valence-corrected chi connectivity index (χ3v) is 1.73. The van der Waals surface area contributed by atoms with E-state index < -0.39 is 36.1 Å². The first-order valence-electron chi connectivity index (χ1n) is 4.08. The van der Waals surface area contributed by atoms with Crippen molar-refractivity contribution in [2.75, 3.05) is 14.2 Å². The quantitative estimate of drug-likeness (QED) is 0.311. The van der Waals surface area contributed by atoms with E-state index in [2.05, 4.69) is 18.9 Å². The molecule has 0 aromatic heterocycles. The monoisotopic (exact) mass is 232 g/mol. The molecule has 8 heteroatoms. The van der Waals surface area contributed by atoms with Crippen LogP contribution in [0.15, 0.2) is 0 Å². The molecule has 0 saturated carbocycles. The van der Waals surface area contributed by atoms with Gasteiger partial charge in [0.05, 0.1) is 14.2 Å². The molecule has 1 aliphatic heterocycles. The van der Waals surface area contributed by atoms with Gasteiger partial charge in [-0.2, -0.15) is 0 Å². The zero-order chi connectivity index (χ0) is 12.3. The third-order valence-electron chi connectivity index (χ3n) is 1.73. The van der Waals surface area contributed by atoms with E-state index in [0.29, 0.717) is 0 Å². The van der Waals surface area contributed by atoms with Crippen molar-refractivity contribution in [1.29, 1.82) is 0 Å². The number of ether oxygens (including phenoxy) is 4. The van der Waals surface area contributed by atoms with Gasteiger partial charge in [-0.3, -0.25) is 0 Å². The molecule has 88 valence electrons. The maximum absolute atomic E-state index is 11.2. The Morgan fingerprint density at radius 1 is 0.938 bits per heavy atom. The Labute approximate surface area is 89.4 Å². The molecule has 0 radical (unpaired) electrons. The Bertz CT molecular complexity index is 312. The van der Waals surface area contributed by atoms with Crippen LogP contribution >= 0.6 is 0 Å². The molecule has 1 fully saturated rings. The Morgan fingerprint density at radius 2 is 1.25 bits per heavy atom. The Balaban J connectivity index is 2.78. The van der Waals surface area contributed by atoms with Crippen LogP contribution in [-0.2, 0) is 38.1 Å². The van der Waals surface area contributed by atoms with Gasteiger partial charge in [0.2, 0.25) is 0 Å². The lowest BCUT2D eigenvalue weighted by atomic mass is 10.2. The summed E-state index contributed by atoms with van der Waals surface area (Å²) in [7, 11) is 2.02. The van der Waals surface area contributed by atoms with Crippen molar-refractivity contribution in [1.82, 2.24) is 0 Å². The number of hydrogen-bond donors (Lipinski definition) is 0. The second kappa shape index (κ2) is 4.60. The van der Waals surface area contributed by atoms with Crippen LogP contribution in [0.3, 0.4) is 0 Å². The van der Waals surface area contributed by atoms with Crippen molar-refractivity contribution < 1.29 is 38.1 Å². The number of carbonyl (C=O) groups excluding carboxylic acids is 4. The number of esters is 4. The molecular formula is C8H8O8. The summed E-state index contributed by atoms with van der Waals surface area (Å²) in [5, 5.41) is 0. The molecule has 0 spiro atoms. The van der Waals surface area contributed by atoms with Crippen molar-refractivity contribution in [2.24, 2.45) is 0 Å². The van der Waals surface area contributed by atoms with Gasteiger partial charge < -0.3 is 18.9 Å². The Hall–Kier alpha value is -2.12. The molecule has 0 aromatic rings. The first kappa shape index (κ1) is 12.0. The molecule has 16 heavy (non-hydrogen) atoms. The minimum absolute atomic E-state index is 1.01. The lowest BCUT2D eigenvalue weighted by Gasteiger charge is -2.24. The average Bonchev–Trinajstić information content (AvgIpc) is 2.29. The zero-order valence-corrected chi connectivity index (χ0v) is 8.42. The lowest BCUT2D eigenvalue weighted by Crippen LogP contribution is -2.51. The van der Waals surface area contributed by atoms with E-state index in [4.69, 9.17) is 0 Å². The topological polar surface area (TPSA) is 105 Å². The summed E-state index contributed by atoms with van der Waals surface area (Å²) in [6.07, 6.45) is -3.59. The third kappa shape index (κ3) is 2.10. The molecular weight excluding hydrogens is 224 g/mol. The average molecular weight is 232 g/mol. The fourth-order valence-corrected chi connectivity index (χ4v) is 0.955. The molecule has 0 aliphatic carbocycles. The molecule has 0 aromatic carbocycles. The van der Waals surface area contributed by atoms with Crippen LogP contribution in [0.4, 0.5) is 0 Å². The van der Waals surface area contributed by atoms with Crippen LogP contribution in [-0.4, -0.2) is 50.3 Å². The van der Waals surface area contributed by atoms with Gasteiger partial charge in [0, 0.05) is 0 Å². The van der Waals surface area contributed by atoms with Crippen LogP contribution in [0.2, 0.25) is 0 Å². The van der Waals surface area contributed by atoms with E-state index in [-0.39, 0.29) is 0 Å². The van der Waals surface area contributed by atoms with E-state index >= 15 is 0 Å². The highest BCUT2D eigenvalue weighted by Crippen LogP contribution is 2.12. The molecule has 1 rings (SSSR count). The molecule has 8 nitrogen and oxygen atoms in total. The van der Waals surface area contributed by atoms with Gasteiger partial charge in [-0.05, 0) is 0 Å². The molecule has 0 N–H and O–H groups in total. The number of rotatable bonds is 2. The van der Waals surface area contributed by atoms with E-state index in [1.165, 1.54) is 0 Å². The van der Waals surface area contributed by atoms with Crippen molar-refractivity contribution in [3.63, 3.8) is 0 Å². The largest absolute Gasteiger partial charge is 0.466 e. The molecule has 2 unspecified atom stereocenters. The number of cyclic esters (lactones) is 2. The van der Waals surface area contributed by atoms with E-state index in [1.54, 1.807) is 0 Å². The summed E-state index contributed by atoms with van der Waals surface area (Å²) in [5.41, 5.74) is 0. The zero-order valence-electron chi connectivity index (χ0n) is 8.42. The summed E-state index contributed by atoms with van der Waals surface area (Å²) in [4.78, 5) is 44.2. The minimum atomic E-state index is -1.79. The van der Waals surface area contributed by atoms with Crippen molar-refractivity contribution >= 4 is 23.9 Å². The second-order valence-electron chi connectivity index (χ2n) is 2.68. The van der Waals surface area contributed by atoms with Crippen LogP contribution in [0, 0.1) is 0 Å². The normalized spacial score (nSPS) is 24.1. The van der Waals surface area contributed by atoms with Crippen molar-refractivity contribution in [3.8, 4) is 0 Å². The summed E-state index contributed by atoms with van der Waals surface area (Å²) in [5.74, 6) is -4.52. The van der Waals surface area contributed by atoms with Gasteiger partial charge in [-0.25, -0.2) is 19.2 Å². The number of hydrogen-bond acceptors (Lipinski definition) is 8. The maximum Gasteiger partial charge on any atom is 0.360 e. The van der Waals surface area contributed by atoms with Gasteiger partial charge in [0.1, 0.15) is 0 Å². The second-order valence-corrected chi connectivity index (χ2v) is 2.68. The fourth-order valence-electron chi connectivity index (χ4n) is 0.955. The van der Waals surface area contributed by atoms with E-state index in [0.717, 1.165) is 14.2 Å². The van der Waals surface area contributed by atoms with E-state index in [1.807, 2.05) is 0 Å². The maximum atomic E-state index is 11.2. The van der Waals surface area contributed by atoms with Crippen LogP contribution in [0.1, 0.15) is 0 Å². The molecule has 0 amide bonds. The predicted octanol–water partition coefficient (Wildman–Crippen LogP) is -1.83. The highest BCUT2D eigenvalue weighted by Gasteiger charge is 2.47. The van der Waals surface area contributed by atoms with Crippen molar-refractivity contribution in [2.45, 2.75) is 12.2 Å². The lowest BCUT2D eigenvalue weighted by molar-refractivity contribution is -0.205. The van der Waals surface area contributed by atoms with Crippen LogP contribution in [0.25, 0.3) is 0 Å². The minimum Gasteiger partial charge on any atom is -0.466 e. The molecule has 1 aliphatic rings.